The van der Waals surface area contributed by atoms with Crippen molar-refractivity contribution in [2.24, 2.45) is 34.5 Å². The molecule has 4 rings (SSSR count). The van der Waals surface area contributed by atoms with Crippen molar-refractivity contribution in [1.29, 1.82) is 0 Å². The smallest absolute Gasteiger partial charge is 0.0908 e. The average molecular weight is 320 g/mol. The molecule has 1 spiro atoms. The molecular formula is C20H32O3. The fraction of sp³-hybridized carbons (Fsp3) is 0.900. The molecule has 4 aliphatic rings. The first kappa shape index (κ1) is 16.1. The van der Waals surface area contributed by atoms with E-state index in [0.717, 1.165) is 19.4 Å². The molecule has 3 heteroatoms. The summed E-state index contributed by atoms with van der Waals surface area (Å²) in [6.45, 7) is 7.77. The summed E-state index contributed by atoms with van der Waals surface area (Å²) in [6, 6.07) is 0. The van der Waals surface area contributed by atoms with Crippen LogP contribution in [0.15, 0.2) is 12.2 Å². The average Bonchev–Trinajstić information content (AvgIpc) is 3.09. The molecule has 0 aromatic carbocycles. The highest BCUT2D eigenvalue weighted by Crippen LogP contribution is 2.66. The van der Waals surface area contributed by atoms with Gasteiger partial charge in [-0.15, -0.1) is 0 Å². The second kappa shape index (κ2) is 5.06. The van der Waals surface area contributed by atoms with Crippen molar-refractivity contribution in [3.05, 3.63) is 12.2 Å². The quantitative estimate of drug-likeness (QED) is 0.730. The Bertz CT molecular complexity index is 517. The van der Waals surface area contributed by atoms with Crippen molar-refractivity contribution >= 4 is 0 Å². The fourth-order valence-corrected chi connectivity index (χ4v) is 6.84. The van der Waals surface area contributed by atoms with Crippen LogP contribution in [0.4, 0.5) is 0 Å². The molecule has 2 saturated carbocycles. The van der Waals surface area contributed by atoms with Gasteiger partial charge in [-0.2, -0.15) is 0 Å². The van der Waals surface area contributed by atoms with E-state index in [-0.39, 0.29) is 23.4 Å². The van der Waals surface area contributed by atoms with Crippen LogP contribution in [0.3, 0.4) is 0 Å². The van der Waals surface area contributed by atoms with Crippen LogP contribution in [0.1, 0.15) is 52.9 Å². The highest BCUT2D eigenvalue weighted by atomic mass is 16.5. The first-order valence-electron chi connectivity index (χ1n) is 9.49. The van der Waals surface area contributed by atoms with Crippen molar-refractivity contribution in [3.63, 3.8) is 0 Å². The van der Waals surface area contributed by atoms with Gasteiger partial charge in [-0.05, 0) is 66.6 Å². The fourth-order valence-electron chi connectivity index (χ4n) is 6.84. The van der Waals surface area contributed by atoms with Gasteiger partial charge in [-0.25, -0.2) is 0 Å². The van der Waals surface area contributed by atoms with Crippen molar-refractivity contribution in [2.45, 2.75) is 64.6 Å². The van der Waals surface area contributed by atoms with Gasteiger partial charge in [0, 0.05) is 6.61 Å². The summed E-state index contributed by atoms with van der Waals surface area (Å²) in [6.07, 6.45) is 10.5. The number of aliphatic hydroxyl groups excluding tert-OH is 1. The molecule has 1 aliphatic heterocycles. The second-order valence-electron chi connectivity index (χ2n) is 9.29. The summed E-state index contributed by atoms with van der Waals surface area (Å²) in [5.74, 6) is 2.11. The Morgan fingerprint density at radius 1 is 1.26 bits per heavy atom. The number of rotatable bonds is 1. The van der Waals surface area contributed by atoms with E-state index in [1.807, 2.05) is 0 Å². The number of hydrogen-bond donors (Lipinski definition) is 2. The maximum atomic E-state index is 10.8. The standard InChI is InChI=1S/C20H32O3/c1-13-10-19(11-20(13,22)12-21)8-4-16-15-6-9-23-17(15)5-7-18(16,3)14(19)2/h5,7,13-17,21-22H,4,6,8-12H2,1-3H3/t13-,14?,15?,16?,17?,18+,19+,20+/m1/s1. The van der Waals surface area contributed by atoms with E-state index >= 15 is 0 Å². The van der Waals surface area contributed by atoms with E-state index < -0.39 is 5.60 Å². The van der Waals surface area contributed by atoms with Gasteiger partial charge in [0.05, 0.1) is 18.3 Å². The van der Waals surface area contributed by atoms with Gasteiger partial charge in [-0.3, -0.25) is 0 Å². The van der Waals surface area contributed by atoms with E-state index in [1.165, 1.54) is 19.3 Å². The second-order valence-corrected chi connectivity index (χ2v) is 9.29. The normalized spacial score (nSPS) is 58.4. The number of aliphatic hydroxyl groups is 2. The van der Waals surface area contributed by atoms with Gasteiger partial charge in [0.1, 0.15) is 0 Å². The molecule has 1 saturated heterocycles. The molecule has 0 radical (unpaired) electrons. The zero-order valence-corrected chi connectivity index (χ0v) is 14.8. The van der Waals surface area contributed by atoms with Gasteiger partial charge in [0.25, 0.3) is 0 Å². The number of hydrogen-bond acceptors (Lipinski definition) is 3. The molecule has 4 unspecified atom stereocenters. The SMILES string of the molecule is CC1[C@@]2(CCC3C4CCOC4C=C[C@]31C)C[C@@H](C)[C@@](O)(CO)C2. The van der Waals surface area contributed by atoms with Gasteiger partial charge in [0.15, 0.2) is 0 Å². The van der Waals surface area contributed by atoms with Crippen LogP contribution in [0.5, 0.6) is 0 Å². The van der Waals surface area contributed by atoms with Crippen LogP contribution >= 0.6 is 0 Å². The lowest BCUT2D eigenvalue weighted by Crippen LogP contribution is -2.52. The molecule has 8 atom stereocenters. The summed E-state index contributed by atoms with van der Waals surface area (Å²) in [5, 5.41) is 20.6. The van der Waals surface area contributed by atoms with Gasteiger partial charge >= 0.3 is 0 Å². The Kier molecular flexibility index (Phi) is 3.54. The minimum atomic E-state index is -0.880. The van der Waals surface area contributed by atoms with Crippen LogP contribution in [0, 0.1) is 34.5 Å². The topological polar surface area (TPSA) is 49.7 Å². The van der Waals surface area contributed by atoms with Crippen LogP contribution in [0.25, 0.3) is 0 Å². The highest BCUT2D eigenvalue weighted by molar-refractivity contribution is 5.21. The lowest BCUT2D eigenvalue weighted by atomic mass is 9.47. The largest absolute Gasteiger partial charge is 0.393 e. The Morgan fingerprint density at radius 3 is 2.74 bits per heavy atom. The van der Waals surface area contributed by atoms with Crippen LogP contribution in [0.2, 0.25) is 0 Å². The van der Waals surface area contributed by atoms with E-state index in [0.29, 0.717) is 23.9 Å². The predicted octanol–water partition coefficient (Wildman–Crippen LogP) is 3.15. The van der Waals surface area contributed by atoms with Crippen molar-refractivity contribution in [2.75, 3.05) is 13.2 Å². The summed E-state index contributed by atoms with van der Waals surface area (Å²) in [7, 11) is 0. The molecule has 0 aromatic heterocycles. The molecule has 1 heterocycles. The van der Waals surface area contributed by atoms with Crippen molar-refractivity contribution in [3.8, 4) is 0 Å². The molecular weight excluding hydrogens is 288 g/mol. The highest BCUT2D eigenvalue weighted by Gasteiger charge is 2.62. The molecule has 3 aliphatic carbocycles. The summed E-state index contributed by atoms with van der Waals surface area (Å²) in [4.78, 5) is 0. The van der Waals surface area contributed by atoms with Gasteiger partial charge < -0.3 is 14.9 Å². The van der Waals surface area contributed by atoms with Crippen LogP contribution < -0.4 is 0 Å². The molecule has 0 amide bonds. The van der Waals surface area contributed by atoms with E-state index in [4.69, 9.17) is 4.74 Å². The Labute approximate surface area is 140 Å². The van der Waals surface area contributed by atoms with E-state index in [2.05, 4.69) is 32.9 Å². The van der Waals surface area contributed by atoms with Gasteiger partial charge in [0.2, 0.25) is 0 Å². The minimum Gasteiger partial charge on any atom is -0.393 e. The number of fused-ring (bicyclic) bond motifs is 3. The van der Waals surface area contributed by atoms with Crippen LogP contribution in [-0.4, -0.2) is 35.1 Å². The van der Waals surface area contributed by atoms with Crippen LogP contribution in [-0.2, 0) is 4.74 Å². The van der Waals surface area contributed by atoms with Crippen molar-refractivity contribution < 1.29 is 14.9 Å². The lowest BCUT2D eigenvalue weighted by molar-refractivity contribution is -0.0845. The first-order chi connectivity index (χ1) is 10.8. The molecule has 0 bridgehead atoms. The Morgan fingerprint density at radius 2 is 2.04 bits per heavy atom. The van der Waals surface area contributed by atoms with E-state index in [9.17, 15) is 10.2 Å². The molecule has 2 N–H and O–H groups in total. The molecule has 130 valence electrons. The van der Waals surface area contributed by atoms with Crippen molar-refractivity contribution in [1.82, 2.24) is 0 Å². The zero-order valence-electron chi connectivity index (χ0n) is 14.8. The molecule has 0 aromatic rings. The maximum Gasteiger partial charge on any atom is 0.0908 e. The zero-order chi connectivity index (χ0) is 16.5. The predicted molar refractivity (Wildman–Crippen MR) is 89.8 cm³/mol. The summed E-state index contributed by atoms with van der Waals surface area (Å²) < 4.78 is 5.91. The summed E-state index contributed by atoms with van der Waals surface area (Å²) in [5.41, 5.74) is -0.499. The molecule has 3 fully saturated rings. The third-order valence-corrected chi connectivity index (χ3v) is 8.51. The number of allylic oxidation sites excluding steroid dienone is 1. The van der Waals surface area contributed by atoms with E-state index in [1.54, 1.807) is 0 Å². The third kappa shape index (κ3) is 2.06. The minimum absolute atomic E-state index is 0.100. The third-order valence-electron chi connectivity index (χ3n) is 8.51. The number of ether oxygens (including phenoxy) is 1. The molecule has 23 heavy (non-hydrogen) atoms. The molecule has 3 nitrogen and oxygen atoms in total. The Hall–Kier alpha value is -0.380. The Balaban J connectivity index is 1.67. The summed E-state index contributed by atoms with van der Waals surface area (Å²) >= 11 is 0. The first-order valence-corrected chi connectivity index (χ1v) is 9.49. The lowest BCUT2D eigenvalue weighted by Gasteiger charge is -2.58. The monoisotopic (exact) mass is 320 g/mol. The maximum absolute atomic E-state index is 10.8. The van der Waals surface area contributed by atoms with Gasteiger partial charge in [-0.1, -0.05) is 32.9 Å².